The average Bonchev–Trinajstić information content (AvgIpc) is 2.84. The SMILES string of the molecule is COc1cc(Sc2ccccc2C(=O)c2ccccc2)ccc1OCc1ccccc1. The van der Waals surface area contributed by atoms with Crippen molar-refractivity contribution in [3.05, 3.63) is 120 Å². The van der Waals surface area contributed by atoms with Crippen molar-refractivity contribution in [2.75, 3.05) is 7.11 Å². The van der Waals surface area contributed by atoms with Crippen molar-refractivity contribution in [2.45, 2.75) is 16.4 Å². The third-order valence-electron chi connectivity index (χ3n) is 4.77. The second-order valence-electron chi connectivity index (χ2n) is 6.88. The van der Waals surface area contributed by atoms with Crippen LogP contribution in [0.2, 0.25) is 0 Å². The fourth-order valence-electron chi connectivity index (χ4n) is 3.18. The van der Waals surface area contributed by atoms with Crippen LogP contribution in [-0.2, 0) is 6.61 Å². The van der Waals surface area contributed by atoms with Crippen LogP contribution in [0.1, 0.15) is 21.5 Å². The van der Waals surface area contributed by atoms with Gasteiger partial charge < -0.3 is 9.47 Å². The van der Waals surface area contributed by atoms with E-state index in [-0.39, 0.29) is 5.78 Å². The van der Waals surface area contributed by atoms with Crippen molar-refractivity contribution >= 4 is 17.5 Å². The van der Waals surface area contributed by atoms with Gasteiger partial charge in [0.2, 0.25) is 0 Å². The maximum absolute atomic E-state index is 13.0. The van der Waals surface area contributed by atoms with Crippen LogP contribution in [0.5, 0.6) is 11.5 Å². The monoisotopic (exact) mass is 426 g/mol. The Morgan fingerprint density at radius 1 is 0.774 bits per heavy atom. The summed E-state index contributed by atoms with van der Waals surface area (Å²) in [6, 6.07) is 32.8. The van der Waals surface area contributed by atoms with Crippen LogP contribution in [0.4, 0.5) is 0 Å². The van der Waals surface area contributed by atoms with Crippen LogP contribution >= 0.6 is 11.8 Å². The van der Waals surface area contributed by atoms with E-state index in [2.05, 4.69) is 0 Å². The Balaban J connectivity index is 1.54. The molecule has 0 aliphatic carbocycles. The zero-order valence-corrected chi connectivity index (χ0v) is 18.0. The Kier molecular flexibility index (Phi) is 6.70. The Bertz CT molecular complexity index is 1160. The van der Waals surface area contributed by atoms with E-state index in [1.165, 1.54) is 11.8 Å². The van der Waals surface area contributed by atoms with Gasteiger partial charge in [0.25, 0.3) is 0 Å². The second-order valence-corrected chi connectivity index (χ2v) is 8.00. The van der Waals surface area contributed by atoms with Gasteiger partial charge in [-0.25, -0.2) is 0 Å². The number of hydrogen-bond donors (Lipinski definition) is 0. The van der Waals surface area contributed by atoms with E-state index in [1.54, 1.807) is 7.11 Å². The van der Waals surface area contributed by atoms with E-state index in [0.29, 0.717) is 29.2 Å². The molecular weight excluding hydrogens is 404 g/mol. The van der Waals surface area contributed by atoms with Gasteiger partial charge in [-0.05, 0) is 35.9 Å². The smallest absolute Gasteiger partial charge is 0.194 e. The molecule has 31 heavy (non-hydrogen) atoms. The maximum Gasteiger partial charge on any atom is 0.194 e. The van der Waals surface area contributed by atoms with Crippen molar-refractivity contribution < 1.29 is 14.3 Å². The van der Waals surface area contributed by atoms with Crippen LogP contribution in [-0.4, -0.2) is 12.9 Å². The minimum absolute atomic E-state index is 0.0125. The van der Waals surface area contributed by atoms with E-state index >= 15 is 0 Å². The molecular formula is C27H22O3S. The Labute approximate surface area is 186 Å². The van der Waals surface area contributed by atoms with E-state index in [1.807, 2.05) is 103 Å². The topological polar surface area (TPSA) is 35.5 Å². The van der Waals surface area contributed by atoms with E-state index in [4.69, 9.17) is 9.47 Å². The molecule has 4 heteroatoms. The molecule has 0 bridgehead atoms. The first-order chi connectivity index (χ1) is 15.2. The zero-order chi connectivity index (χ0) is 21.5. The lowest BCUT2D eigenvalue weighted by Crippen LogP contribution is -2.02. The first-order valence-corrected chi connectivity index (χ1v) is 10.8. The molecule has 0 radical (unpaired) electrons. The third kappa shape index (κ3) is 5.16. The summed E-state index contributed by atoms with van der Waals surface area (Å²) < 4.78 is 11.5. The third-order valence-corrected chi connectivity index (χ3v) is 5.83. The minimum Gasteiger partial charge on any atom is -0.493 e. The van der Waals surface area contributed by atoms with Crippen LogP contribution in [0, 0.1) is 0 Å². The van der Waals surface area contributed by atoms with Gasteiger partial charge in [-0.15, -0.1) is 0 Å². The number of ketones is 1. The molecule has 0 aliphatic rings. The molecule has 0 heterocycles. The van der Waals surface area contributed by atoms with Gasteiger partial charge in [-0.3, -0.25) is 4.79 Å². The summed E-state index contributed by atoms with van der Waals surface area (Å²) in [7, 11) is 1.63. The van der Waals surface area contributed by atoms with Crippen molar-refractivity contribution in [1.29, 1.82) is 0 Å². The molecule has 3 nitrogen and oxygen atoms in total. The maximum atomic E-state index is 13.0. The summed E-state index contributed by atoms with van der Waals surface area (Å²) in [6.45, 7) is 0.470. The molecule has 0 aliphatic heterocycles. The quantitative estimate of drug-likeness (QED) is 0.295. The molecule has 154 valence electrons. The highest BCUT2D eigenvalue weighted by atomic mass is 32.2. The van der Waals surface area contributed by atoms with Gasteiger partial charge in [-0.1, -0.05) is 84.6 Å². The summed E-state index contributed by atoms with van der Waals surface area (Å²) in [5, 5.41) is 0. The highest BCUT2D eigenvalue weighted by Crippen LogP contribution is 2.37. The molecule has 0 aromatic heterocycles. The minimum atomic E-state index is 0.0125. The average molecular weight is 427 g/mol. The van der Waals surface area contributed by atoms with Crippen LogP contribution in [0.15, 0.2) is 113 Å². The zero-order valence-electron chi connectivity index (χ0n) is 17.2. The normalized spacial score (nSPS) is 10.5. The van der Waals surface area contributed by atoms with Gasteiger partial charge in [0.1, 0.15) is 6.61 Å². The molecule has 0 atom stereocenters. The first-order valence-electron chi connectivity index (χ1n) is 9.96. The lowest BCUT2D eigenvalue weighted by Gasteiger charge is -2.13. The van der Waals surface area contributed by atoms with Gasteiger partial charge >= 0.3 is 0 Å². The Morgan fingerprint density at radius 2 is 1.45 bits per heavy atom. The number of ether oxygens (including phenoxy) is 2. The molecule has 0 N–H and O–H groups in total. The summed E-state index contributed by atoms with van der Waals surface area (Å²) >= 11 is 1.53. The molecule has 4 aromatic rings. The van der Waals surface area contributed by atoms with Gasteiger partial charge in [-0.2, -0.15) is 0 Å². The highest BCUT2D eigenvalue weighted by Gasteiger charge is 2.15. The number of rotatable bonds is 8. The predicted molar refractivity (Wildman–Crippen MR) is 124 cm³/mol. The molecule has 0 saturated heterocycles. The van der Waals surface area contributed by atoms with Crippen LogP contribution in [0.3, 0.4) is 0 Å². The highest BCUT2D eigenvalue weighted by molar-refractivity contribution is 7.99. The number of methoxy groups -OCH3 is 1. The Hall–Kier alpha value is -3.50. The van der Waals surface area contributed by atoms with Crippen molar-refractivity contribution in [1.82, 2.24) is 0 Å². The van der Waals surface area contributed by atoms with Gasteiger partial charge in [0.05, 0.1) is 7.11 Å². The second kappa shape index (κ2) is 10.0. The lowest BCUT2D eigenvalue weighted by atomic mass is 10.0. The largest absolute Gasteiger partial charge is 0.493 e. The molecule has 0 unspecified atom stereocenters. The summed E-state index contributed by atoms with van der Waals surface area (Å²) in [5.41, 5.74) is 2.45. The molecule has 4 aromatic carbocycles. The van der Waals surface area contributed by atoms with Crippen molar-refractivity contribution in [3.8, 4) is 11.5 Å². The molecule has 0 fully saturated rings. The molecule has 0 spiro atoms. The van der Waals surface area contributed by atoms with Crippen molar-refractivity contribution in [2.24, 2.45) is 0 Å². The number of hydrogen-bond acceptors (Lipinski definition) is 4. The van der Waals surface area contributed by atoms with Crippen LogP contribution in [0.25, 0.3) is 0 Å². The summed E-state index contributed by atoms with van der Waals surface area (Å²) in [6.07, 6.45) is 0. The summed E-state index contributed by atoms with van der Waals surface area (Å²) in [5.74, 6) is 1.36. The molecule has 4 rings (SSSR count). The van der Waals surface area contributed by atoms with E-state index in [9.17, 15) is 4.79 Å². The predicted octanol–water partition coefficient (Wildman–Crippen LogP) is 6.66. The van der Waals surface area contributed by atoms with E-state index < -0.39 is 0 Å². The number of carbonyl (C=O) groups is 1. The molecule has 0 amide bonds. The van der Waals surface area contributed by atoms with E-state index in [0.717, 1.165) is 15.4 Å². The lowest BCUT2D eigenvalue weighted by molar-refractivity contribution is 0.103. The first kappa shape index (κ1) is 20.8. The van der Waals surface area contributed by atoms with Gasteiger partial charge in [0, 0.05) is 20.9 Å². The number of benzene rings is 4. The Morgan fingerprint density at radius 3 is 2.19 bits per heavy atom. The van der Waals surface area contributed by atoms with Crippen molar-refractivity contribution in [3.63, 3.8) is 0 Å². The fraction of sp³-hybridized carbons (Fsp3) is 0.0741. The van der Waals surface area contributed by atoms with Crippen LogP contribution < -0.4 is 9.47 Å². The fourth-order valence-corrected chi connectivity index (χ4v) is 4.15. The summed E-state index contributed by atoms with van der Waals surface area (Å²) in [4.78, 5) is 14.9. The van der Waals surface area contributed by atoms with Gasteiger partial charge in [0.15, 0.2) is 17.3 Å². The number of carbonyl (C=O) groups excluding carboxylic acids is 1. The molecule has 0 saturated carbocycles. The standard InChI is InChI=1S/C27H22O3S/c1-29-25-18-22(16-17-24(25)30-19-20-10-4-2-5-11-20)31-26-15-9-8-14-23(26)27(28)21-12-6-3-7-13-21/h2-18H,19H2,1H3.